The van der Waals surface area contributed by atoms with E-state index in [1.54, 1.807) is 0 Å². The SMILES string of the molecule is O=C1CC(Br)CN1CCN1CCOCC1. The van der Waals surface area contributed by atoms with Gasteiger partial charge in [0.15, 0.2) is 0 Å². The molecule has 0 N–H and O–H groups in total. The normalized spacial score (nSPS) is 28.7. The van der Waals surface area contributed by atoms with E-state index in [4.69, 9.17) is 4.74 Å². The molecule has 1 unspecified atom stereocenters. The van der Waals surface area contributed by atoms with Gasteiger partial charge in [0.2, 0.25) is 5.91 Å². The molecule has 0 aliphatic carbocycles. The number of carbonyl (C=O) groups excluding carboxylic acids is 1. The molecule has 86 valence electrons. The van der Waals surface area contributed by atoms with E-state index in [9.17, 15) is 4.79 Å². The topological polar surface area (TPSA) is 32.8 Å². The Morgan fingerprint density at radius 3 is 2.67 bits per heavy atom. The van der Waals surface area contributed by atoms with Gasteiger partial charge in [0.25, 0.3) is 0 Å². The van der Waals surface area contributed by atoms with Crippen molar-refractivity contribution in [2.24, 2.45) is 0 Å². The molecule has 2 rings (SSSR count). The lowest BCUT2D eigenvalue weighted by Gasteiger charge is -2.28. The fourth-order valence-corrected chi connectivity index (χ4v) is 2.65. The van der Waals surface area contributed by atoms with Crippen LogP contribution < -0.4 is 0 Å². The predicted molar refractivity (Wildman–Crippen MR) is 61.2 cm³/mol. The summed E-state index contributed by atoms with van der Waals surface area (Å²) >= 11 is 3.49. The van der Waals surface area contributed by atoms with Crippen molar-refractivity contribution in [3.05, 3.63) is 0 Å². The average Bonchev–Trinajstić information content (AvgIpc) is 2.56. The molecule has 1 amide bonds. The summed E-state index contributed by atoms with van der Waals surface area (Å²) in [5.74, 6) is 0.283. The summed E-state index contributed by atoms with van der Waals surface area (Å²) in [4.78, 5) is 16.2. The van der Waals surface area contributed by atoms with Gasteiger partial charge in [0.05, 0.1) is 13.2 Å². The van der Waals surface area contributed by atoms with Gasteiger partial charge < -0.3 is 9.64 Å². The maximum atomic E-state index is 11.5. The highest BCUT2D eigenvalue weighted by Gasteiger charge is 2.27. The monoisotopic (exact) mass is 276 g/mol. The summed E-state index contributed by atoms with van der Waals surface area (Å²) in [6, 6.07) is 0. The van der Waals surface area contributed by atoms with E-state index in [-0.39, 0.29) is 5.91 Å². The second-order valence-corrected chi connectivity index (χ2v) is 5.39. The number of amides is 1. The third kappa shape index (κ3) is 3.16. The molecular formula is C10H17BrN2O2. The summed E-state index contributed by atoms with van der Waals surface area (Å²) in [5, 5.41) is 0. The molecule has 2 aliphatic rings. The van der Waals surface area contributed by atoms with E-state index in [2.05, 4.69) is 20.8 Å². The Balaban J connectivity index is 1.70. The maximum absolute atomic E-state index is 11.5. The lowest BCUT2D eigenvalue weighted by atomic mass is 10.4. The van der Waals surface area contributed by atoms with Crippen molar-refractivity contribution in [1.29, 1.82) is 0 Å². The minimum absolute atomic E-state index is 0.283. The molecule has 2 fully saturated rings. The summed E-state index contributed by atoms with van der Waals surface area (Å²) < 4.78 is 5.28. The fourth-order valence-electron chi connectivity index (χ4n) is 2.03. The van der Waals surface area contributed by atoms with Crippen LogP contribution >= 0.6 is 15.9 Å². The van der Waals surface area contributed by atoms with Gasteiger partial charge in [-0.05, 0) is 0 Å². The number of morpholine rings is 1. The summed E-state index contributed by atoms with van der Waals surface area (Å²) in [5.41, 5.74) is 0. The van der Waals surface area contributed by atoms with Crippen LogP contribution in [-0.4, -0.2) is 66.5 Å². The predicted octanol–water partition coefficient (Wildman–Crippen LogP) is 0.314. The number of nitrogens with zero attached hydrogens (tertiary/aromatic N) is 2. The molecule has 15 heavy (non-hydrogen) atoms. The number of halogens is 1. The molecule has 2 aliphatic heterocycles. The van der Waals surface area contributed by atoms with Crippen LogP contribution in [0.3, 0.4) is 0 Å². The molecule has 0 spiro atoms. The Morgan fingerprint density at radius 2 is 2.07 bits per heavy atom. The molecule has 0 aromatic heterocycles. The zero-order chi connectivity index (χ0) is 10.7. The molecule has 5 heteroatoms. The van der Waals surface area contributed by atoms with Crippen molar-refractivity contribution < 1.29 is 9.53 Å². The molecule has 4 nitrogen and oxygen atoms in total. The van der Waals surface area contributed by atoms with Crippen LogP contribution in [0.15, 0.2) is 0 Å². The summed E-state index contributed by atoms with van der Waals surface area (Å²) in [6.07, 6.45) is 0.656. The van der Waals surface area contributed by atoms with Crippen LogP contribution in [0.5, 0.6) is 0 Å². The molecule has 2 heterocycles. The van der Waals surface area contributed by atoms with Crippen LogP contribution in [0.2, 0.25) is 0 Å². The van der Waals surface area contributed by atoms with E-state index in [0.29, 0.717) is 11.2 Å². The van der Waals surface area contributed by atoms with Crippen molar-refractivity contribution in [2.45, 2.75) is 11.2 Å². The minimum atomic E-state index is 0.283. The lowest BCUT2D eigenvalue weighted by molar-refractivity contribution is -0.127. The molecular weight excluding hydrogens is 260 g/mol. The Labute approximate surface area is 98.7 Å². The highest BCUT2D eigenvalue weighted by molar-refractivity contribution is 9.09. The van der Waals surface area contributed by atoms with E-state index in [1.807, 2.05) is 4.90 Å². The molecule has 2 saturated heterocycles. The molecule has 0 aromatic rings. The first-order valence-corrected chi connectivity index (χ1v) is 6.39. The first kappa shape index (κ1) is 11.4. The van der Waals surface area contributed by atoms with Gasteiger partial charge in [0.1, 0.15) is 0 Å². The second-order valence-electron chi connectivity index (χ2n) is 4.10. The van der Waals surface area contributed by atoms with Gasteiger partial charge in [-0.25, -0.2) is 0 Å². The number of likely N-dealkylation sites (tertiary alicyclic amines) is 1. The number of alkyl halides is 1. The van der Waals surface area contributed by atoms with Crippen molar-refractivity contribution in [2.75, 3.05) is 45.9 Å². The van der Waals surface area contributed by atoms with Crippen LogP contribution in [0.25, 0.3) is 0 Å². The van der Waals surface area contributed by atoms with Gasteiger partial charge in [-0.3, -0.25) is 9.69 Å². The molecule has 0 radical (unpaired) electrons. The van der Waals surface area contributed by atoms with Gasteiger partial charge in [-0.15, -0.1) is 0 Å². The quantitative estimate of drug-likeness (QED) is 0.696. The molecule has 0 bridgehead atoms. The highest BCUT2D eigenvalue weighted by atomic mass is 79.9. The van der Waals surface area contributed by atoms with E-state index < -0.39 is 0 Å². The first-order chi connectivity index (χ1) is 7.25. The van der Waals surface area contributed by atoms with E-state index in [1.165, 1.54) is 0 Å². The number of rotatable bonds is 3. The first-order valence-electron chi connectivity index (χ1n) is 5.47. The number of ether oxygens (including phenoxy) is 1. The third-order valence-corrected chi connectivity index (χ3v) is 3.57. The standard InChI is InChI=1S/C10H17BrN2O2/c11-9-7-10(14)13(8-9)2-1-12-3-5-15-6-4-12/h9H,1-8H2. The van der Waals surface area contributed by atoms with Gasteiger partial charge in [-0.2, -0.15) is 0 Å². The maximum Gasteiger partial charge on any atom is 0.223 e. The Bertz CT molecular complexity index is 231. The highest BCUT2D eigenvalue weighted by Crippen LogP contribution is 2.17. The largest absolute Gasteiger partial charge is 0.379 e. The van der Waals surface area contributed by atoms with E-state index >= 15 is 0 Å². The van der Waals surface area contributed by atoms with Crippen molar-refractivity contribution in [3.8, 4) is 0 Å². The van der Waals surface area contributed by atoms with Gasteiger partial charge in [0, 0.05) is 44.0 Å². The Kier molecular flexibility index (Phi) is 3.99. The zero-order valence-electron chi connectivity index (χ0n) is 8.82. The number of hydrogen-bond acceptors (Lipinski definition) is 3. The summed E-state index contributed by atoms with van der Waals surface area (Å²) in [6.45, 7) is 6.36. The summed E-state index contributed by atoms with van der Waals surface area (Å²) in [7, 11) is 0. The van der Waals surface area contributed by atoms with Crippen molar-refractivity contribution in [1.82, 2.24) is 9.80 Å². The number of carbonyl (C=O) groups is 1. The van der Waals surface area contributed by atoms with Crippen LogP contribution in [-0.2, 0) is 9.53 Å². The second kappa shape index (κ2) is 5.27. The van der Waals surface area contributed by atoms with Gasteiger partial charge in [-0.1, -0.05) is 15.9 Å². The van der Waals surface area contributed by atoms with Crippen molar-refractivity contribution in [3.63, 3.8) is 0 Å². The van der Waals surface area contributed by atoms with Crippen LogP contribution in [0, 0.1) is 0 Å². The lowest BCUT2D eigenvalue weighted by Crippen LogP contribution is -2.41. The van der Waals surface area contributed by atoms with Crippen molar-refractivity contribution >= 4 is 21.8 Å². The molecule has 1 atom stereocenters. The van der Waals surface area contributed by atoms with Gasteiger partial charge >= 0.3 is 0 Å². The van der Waals surface area contributed by atoms with E-state index in [0.717, 1.165) is 45.9 Å². The minimum Gasteiger partial charge on any atom is -0.379 e. The average molecular weight is 277 g/mol. The zero-order valence-corrected chi connectivity index (χ0v) is 10.4. The number of hydrogen-bond donors (Lipinski definition) is 0. The third-order valence-electron chi connectivity index (χ3n) is 2.96. The molecule has 0 aromatic carbocycles. The van der Waals surface area contributed by atoms with Crippen LogP contribution in [0.1, 0.15) is 6.42 Å². The smallest absolute Gasteiger partial charge is 0.223 e. The fraction of sp³-hybridized carbons (Fsp3) is 0.900. The Hall–Kier alpha value is -0.130. The van der Waals surface area contributed by atoms with Crippen LogP contribution in [0.4, 0.5) is 0 Å². The Morgan fingerprint density at radius 1 is 1.33 bits per heavy atom. The molecule has 0 saturated carbocycles.